The molecule has 0 fully saturated rings. The van der Waals surface area contributed by atoms with Crippen molar-refractivity contribution in [2.75, 3.05) is 9.86 Å². The van der Waals surface area contributed by atoms with Gasteiger partial charge in [0.25, 0.3) is 5.56 Å². The van der Waals surface area contributed by atoms with Crippen molar-refractivity contribution in [3.8, 4) is 0 Å². The average Bonchev–Trinajstić information content (AvgIpc) is 2.79. The van der Waals surface area contributed by atoms with Gasteiger partial charge in [0, 0.05) is 13.2 Å². The second-order valence-electron chi connectivity index (χ2n) is 6.44. The Morgan fingerprint density at radius 3 is 2.10 bits per heavy atom. The second kappa shape index (κ2) is 18.2. The van der Waals surface area contributed by atoms with Crippen LogP contribution in [0.5, 0.6) is 0 Å². The summed E-state index contributed by atoms with van der Waals surface area (Å²) in [6.07, 6.45) is 6.94. The van der Waals surface area contributed by atoms with E-state index in [2.05, 4.69) is 39.6 Å². The molecule has 0 aliphatic heterocycles. The zero-order valence-corrected chi connectivity index (χ0v) is 21.7. The van der Waals surface area contributed by atoms with Gasteiger partial charge in [-0.25, -0.2) is 4.98 Å². The molecule has 31 heavy (non-hydrogen) atoms. The van der Waals surface area contributed by atoms with Crippen LogP contribution in [-0.4, -0.2) is 26.1 Å². The smallest absolute Gasteiger partial charge is 0.261 e. The van der Waals surface area contributed by atoms with Gasteiger partial charge < -0.3 is 0 Å². The number of hydrogen-bond acceptors (Lipinski definition) is 3. The number of aromatic nitrogens is 2. The third-order valence-corrected chi connectivity index (χ3v) is 3.78. The number of fused-ring (bicyclic) bond motifs is 1. The van der Waals surface area contributed by atoms with Crippen LogP contribution in [0.25, 0.3) is 10.9 Å². The molecule has 0 saturated carbocycles. The SMILES string of the molecule is C=N/C=C(C)\C=C/CC.C[I-]C.Cc1nc2ccccc2c(=O)n1C.c1ccccc1. The molecule has 0 saturated heterocycles. The first kappa shape index (κ1) is 28.5. The van der Waals surface area contributed by atoms with Crippen molar-refractivity contribution in [1.29, 1.82) is 0 Å². The minimum absolute atomic E-state index is 0.0168. The summed E-state index contributed by atoms with van der Waals surface area (Å²) in [6.45, 7) is 9.28. The number of halogens is 1. The van der Waals surface area contributed by atoms with Crippen LogP contribution in [0.3, 0.4) is 0 Å². The molecular formula is C26H35IN3O-. The number of para-hydroxylation sites is 1. The standard InChI is InChI=1S/C10H10N2O.C8H13N.C6H6.C2H6I/c1-7-11-9-6-4-3-5-8(9)10(13)12(7)2;1-4-5-6-8(2)7-9-3;1-2-4-6-5-3-1;1-3-2/h3-6H,1-2H3;5-7H,3-4H2,1-2H3;1-6H;1-2H3/q;;;-1/b;6-5-,8-7-;;. The van der Waals surface area contributed by atoms with Crippen LogP contribution in [-0.2, 0) is 7.05 Å². The van der Waals surface area contributed by atoms with Crippen molar-refractivity contribution in [3.63, 3.8) is 0 Å². The monoisotopic (exact) mass is 532 g/mol. The van der Waals surface area contributed by atoms with E-state index in [4.69, 9.17) is 0 Å². The molecule has 3 aromatic rings. The van der Waals surface area contributed by atoms with Crippen LogP contribution in [0.2, 0.25) is 0 Å². The van der Waals surface area contributed by atoms with Crippen LogP contribution in [0.15, 0.2) is 94.4 Å². The summed E-state index contributed by atoms with van der Waals surface area (Å²) in [5.74, 6) is 0.740. The van der Waals surface area contributed by atoms with Gasteiger partial charge in [-0.1, -0.05) is 67.6 Å². The fourth-order valence-electron chi connectivity index (χ4n) is 2.20. The van der Waals surface area contributed by atoms with Gasteiger partial charge in [-0.3, -0.25) is 14.4 Å². The molecule has 0 N–H and O–H groups in total. The van der Waals surface area contributed by atoms with Gasteiger partial charge in [0.2, 0.25) is 0 Å². The predicted molar refractivity (Wildman–Crippen MR) is 133 cm³/mol. The Morgan fingerprint density at radius 1 is 1.10 bits per heavy atom. The van der Waals surface area contributed by atoms with Crippen molar-refractivity contribution in [3.05, 3.63) is 101 Å². The van der Waals surface area contributed by atoms with Crippen LogP contribution in [0.4, 0.5) is 0 Å². The number of aliphatic imine (C=N–C) groups is 1. The van der Waals surface area contributed by atoms with Crippen molar-refractivity contribution < 1.29 is 21.2 Å². The third kappa shape index (κ3) is 12.7. The fraction of sp³-hybridized carbons (Fsp3) is 0.269. The number of rotatable bonds is 3. The number of hydrogen-bond donors (Lipinski definition) is 0. The Balaban J connectivity index is 0.000000436. The Kier molecular flexibility index (Phi) is 16.8. The van der Waals surface area contributed by atoms with Gasteiger partial charge in [-0.15, -0.1) is 0 Å². The van der Waals surface area contributed by atoms with E-state index in [1.807, 2.05) is 74.5 Å². The molecule has 1 aromatic heterocycles. The normalized spacial score (nSPS) is 10.3. The maximum atomic E-state index is 11.7. The molecule has 3 rings (SSSR count). The van der Waals surface area contributed by atoms with Crippen LogP contribution < -0.4 is 26.8 Å². The topological polar surface area (TPSA) is 47.2 Å². The maximum Gasteiger partial charge on any atom is 0.261 e. The van der Waals surface area contributed by atoms with E-state index >= 15 is 0 Å². The predicted octanol–water partition coefficient (Wildman–Crippen LogP) is 2.82. The first-order valence-corrected chi connectivity index (χ1v) is 14.3. The molecule has 1 heterocycles. The Hall–Kier alpha value is -2.54. The number of benzene rings is 2. The number of allylic oxidation sites excluding steroid dienone is 3. The van der Waals surface area contributed by atoms with Gasteiger partial charge in [-0.2, -0.15) is 0 Å². The first-order valence-electron chi connectivity index (χ1n) is 9.98. The molecule has 4 nitrogen and oxygen atoms in total. The summed E-state index contributed by atoms with van der Waals surface area (Å²) in [7, 11) is 1.73. The maximum absolute atomic E-state index is 11.7. The van der Waals surface area contributed by atoms with Gasteiger partial charge in [0.05, 0.1) is 10.9 Å². The van der Waals surface area contributed by atoms with Gasteiger partial charge in [0.1, 0.15) is 5.82 Å². The summed E-state index contributed by atoms with van der Waals surface area (Å²) >= 11 is 0.590. The van der Waals surface area contributed by atoms with E-state index in [1.54, 1.807) is 23.9 Å². The van der Waals surface area contributed by atoms with E-state index in [0.717, 1.165) is 23.3 Å². The second-order valence-corrected chi connectivity index (χ2v) is 8.60. The molecule has 168 valence electrons. The zero-order chi connectivity index (χ0) is 23.5. The molecule has 0 unspecified atom stereocenters. The summed E-state index contributed by atoms with van der Waals surface area (Å²) in [4.78, 5) is 24.1. The minimum Gasteiger partial charge on any atom is -0.299 e. The molecule has 0 aliphatic rings. The summed E-state index contributed by atoms with van der Waals surface area (Å²) in [5, 5.41) is 0.676. The van der Waals surface area contributed by atoms with Crippen molar-refractivity contribution in [1.82, 2.24) is 9.55 Å². The molecule has 0 atom stereocenters. The molecular weight excluding hydrogens is 497 g/mol. The molecule has 5 heteroatoms. The summed E-state index contributed by atoms with van der Waals surface area (Å²) in [6, 6.07) is 19.4. The van der Waals surface area contributed by atoms with Crippen LogP contribution in [0.1, 0.15) is 26.1 Å². The van der Waals surface area contributed by atoms with E-state index < -0.39 is 0 Å². The molecule has 0 amide bonds. The number of nitrogens with zero attached hydrogens (tertiary/aromatic N) is 3. The Bertz CT molecular complexity index is 966. The van der Waals surface area contributed by atoms with Crippen molar-refractivity contribution in [2.24, 2.45) is 12.0 Å². The Morgan fingerprint density at radius 2 is 1.61 bits per heavy atom. The van der Waals surface area contributed by atoms with Gasteiger partial charge in [-0.05, 0) is 44.7 Å². The van der Waals surface area contributed by atoms with Gasteiger partial charge in [0.15, 0.2) is 0 Å². The molecule has 2 aromatic carbocycles. The fourth-order valence-corrected chi connectivity index (χ4v) is 2.20. The van der Waals surface area contributed by atoms with Gasteiger partial charge >= 0.3 is 31.1 Å². The van der Waals surface area contributed by atoms with E-state index in [9.17, 15) is 4.79 Å². The average molecular weight is 532 g/mol. The zero-order valence-electron chi connectivity index (χ0n) is 19.5. The largest absolute Gasteiger partial charge is 0.299 e. The van der Waals surface area contributed by atoms with E-state index in [0.29, 0.717) is 26.6 Å². The molecule has 0 radical (unpaired) electrons. The third-order valence-electron chi connectivity index (χ3n) is 3.78. The van der Waals surface area contributed by atoms with E-state index in [1.165, 1.54) is 0 Å². The van der Waals surface area contributed by atoms with Crippen LogP contribution in [0, 0.1) is 6.92 Å². The molecule has 0 bridgehead atoms. The number of aryl methyl sites for hydroxylation is 1. The molecule has 0 spiro atoms. The van der Waals surface area contributed by atoms with Crippen molar-refractivity contribution in [2.45, 2.75) is 27.2 Å². The minimum atomic E-state index is 0.0168. The molecule has 0 aliphatic carbocycles. The van der Waals surface area contributed by atoms with E-state index in [-0.39, 0.29) is 5.56 Å². The Labute approximate surface area is 197 Å². The summed E-state index contributed by atoms with van der Waals surface area (Å²) < 4.78 is 1.56. The number of alkyl halides is 2. The quantitative estimate of drug-likeness (QED) is 0.226. The summed E-state index contributed by atoms with van der Waals surface area (Å²) in [5.41, 5.74) is 1.93. The van der Waals surface area contributed by atoms with Crippen molar-refractivity contribution >= 4 is 17.6 Å². The first-order chi connectivity index (χ1) is 14.9. The van der Waals surface area contributed by atoms with Crippen LogP contribution >= 0.6 is 0 Å².